The second-order valence-electron chi connectivity index (χ2n) is 4.00. The number of Topliss-reactive ketones (excluding diaryl/α,β-unsaturated/α-hetero) is 1. The number of methoxy groups -OCH3 is 1. The monoisotopic (exact) mass is 222 g/mol. The number of carbonyl (C=O) groups excluding carboxylic acids is 1. The van der Waals surface area contributed by atoms with E-state index in [1.807, 2.05) is 32.9 Å². The largest absolute Gasteiger partial charge is 0.491 e. The molecule has 0 unspecified atom stereocenters. The van der Waals surface area contributed by atoms with Crippen molar-refractivity contribution in [3.8, 4) is 5.75 Å². The van der Waals surface area contributed by atoms with Crippen molar-refractivity contribution < 1.29 is 14.3 Å². The summed E-state index contributed by atoms with van der Waals surface area (Å²) in [6.07, 6.45) is 0.138. The van der Waals surface area contributed by atoms with E-state index in [0.717, 1.165) is 11.3 Å². The fourth-order valence-corrected chi connectivity index (χ4v) is 1.42. The summed E-state index contributed by atoms with van der Waals surface area (Å²) in [5, 5.41) is 0. The van der Waals surface area contributed by atoms with Crippen LogP contribution in [0.4, 0.5) is 0 Å². The summed E-state index contributed by atoms with van der Waals surface area (Å²) >= 11 is 0. The first-order valence-electron chi connectivity index (χ1n) is 5.34. The first-order valence-corrected chi connectivity index (χ1v) is 5.34. The number of carbonyl (C=O) groups is 1. The molecule has 1 aromatic carbocycles. The van der Waals surface area contributed by atoms with E-state index in [-0.39, 0.29) is 18.5 Å². The van der Waals surface area contributed by atoms with Gasteiger partial charge in [-0.3, -0.25) is 4.79 Å². The molecular weight excluding hydrogens is 204 g/mol. The highest BCUT2D eigenvalue weighted by Crippen LogP contribution is 2.20. The van der Waals surface area contributed by atoms with Crippen molar-refractivity contribution in [3.63, 3.8) is 0 Å². The molecule has 0 spiro atoms. The molecule has 0 radical (unpaired) electrons. The van der Waals surface area contributed by atoms with E-state index >= 15 is 0 Å². The Morgan fingerprint density at radius 3 is 2.56 bits per heavy atom. The van der Waals surface area contributed by atoms with Crippen LogP contribution in [-0.4, -0.2) is 25.6 Å². The Labute approximate surface area is 96.4 Å². The number of hydrogen-bond acceptors (Lipinski definition) is 3. The number of ether oxygens (including phenoxy) is 2. The molecule has 0 aliphatic rings. The van der Waals surface area contributed by atoms with Gasteiger partial charge in [-0.15, -0.1) is 0 Å². The van der Waals surface area contributed by atoms with Crippen molar-refractivity contribution in [2.45, 2.75) is 26.9 Å². The van der Waals surface area contributed by atoms with Crippen LogP contribution in [0, 0.1) is 6.92 Å². The van der Waals surface area contributed by atoms with Crippen molar-refractivity contribution >= 4 is 5.78 Å². The zero-order valence-corrected chi connectivity index (χ0v) is 10.2. The lowest BCUT2D eigenvalue weighted by atomic mass is 10.1. The zero-order chi connectivity index (χ0) is 12.1. The maximum absolute atomic E-state index is 11.6. The third-order valence-corrected chi connectivity index (χ3v) is 2.14. The summed E-state index contributed by atoms with van der Waals surface area (Å²) in [6.45, 7) is 6.00. The molecule has 3 nitrogen and oxygen atoms in total. The van der Waals surface area contributed by atoms with Gasteiger partial charge in [0.1, 0.15) is 12.4 Å². The van der Waals surface area contributed by atoms with Crippen LogP contribution in [0.2, 0.25) is 0 Å². The van der Waals surface area contributed by atoms with Crippen LogP contribution in [-0.2, 0) is 4.74 Å². The zero-order valence-electron chi connectivity index (χ0n) is 10.2. The molecule has 0 aliphatic heterocycles. The van der Waals surface area contributed by atoms with Crippen LogP contribution in [0.5, 0.6) is 5.75 Å². The highest BCUT2D eigenvalue weighted by molar-refractivity contribution is 5.97. The SMILES string of the molecule is COCC(=O)c1ccc(OC(C)C)c(C)c1. The number of hydrogen-bond donors (Lipinski definition) is 0. The van der Waals surface area contributed by atoms with Gasteiger partial charge in [-0.05, 0) is 44.5 Å². The highest BCUT2D eigenvalue weighted by atomic mass is 16.5. The molecule has 16 heavy (non-hydrogen) atoms. The Hall–Kier alpha value is -1.35. The van der Waals surface area contributed by atoms with Crippen LogP contribution in [0.1, 0.15) is 29.8 Å². The van der Waals surface area contributed by atoms with Gasteiger partial charge in [0.2, 0.25) is 0 Å². The van der Waals surface area contributed by atoms with Gasteiger partial charge in [-0.2, -0.15) is 0 Å². The van der Waals surface area contributed by atoms with Crippen molar-refractivity contribution in [2.24, 2.45) is 0 Å². The number of benzene rings is 1. The Bertz CT molecular complexity index is 369. The Morgan fingerprint density at radius 2 is 2.06 bits per heavy atom. The van der Waals surface area contributed by atoms with E-state index in [2.05, 4.69) is 0 Å². The fraction of sp³-hybridized carbons (Fsp3) is 0.462. The van der Waals surface area contributed by atoms with Gasteiger partial charge in [-0.1, -0.05) is 0 Å². The van der Waals surface area contributed by atoms with Crippen molar-refractivity contribution in [1.29, 1.82) is 0 Å². The Morgan fingerprint density at radius 1 is 1.38 bits per heavy atom. The second-order valence-corrected chi connectivity index (χ2v) is 4.00. The number of ketones is 1. The smallest absolute Gasteiger partial charge is 0.188 e. The Balaban J connectivity index is 2.86. The molecule has 0 saturated carbocycles. The summed E-state index contributed by atoms with van der Waals surface area (Å²) in [5.74, 6) is 0.811. The minimum Gasteiger partial charge on any atom is -0.491 e. The lowest BCUT2D eigenvalue weighted by molar-refractivity contribution is 0.0848. The first-order chi connectivity index (χ1) is 7.54. The van der Waals surface area contributed by atoms with Gasteiger partial charge >= 0.3 is 0 Å². The van der Waals surface area contributed by atoms with Crippen molar-refractivity contribution in [1.82, 2.24) is 0 Å². The van der Waals surface area contributed by atoms with Gasteiger partial charge in [0.25, 0.3) is 0 Å². The first kappa shape index (κ1) is 12.7. The van der Waals surface area contributed by atoms with E-state index in [1.54, 1.807) is 6.07 Å². The fourth-order valence-electron chi connectivity index (χ4n) is 1.42. The van der Waals surface area contributed by atoms with Gasteiger partial charge in [0.15, 0.2) is 5.78 Å². The van der Waals surface area contributed by atoms with Crippen LogP contribution in [0.3, 0.4) is 0 Å². The lowest BCUT2D eigenvalue weighted by Gasteiger charge is -2.13. The predicted molar refractivity (Wildman–Crippen MR) is 63.1 cm³/mol. The predicted octanol–water partition coefficient (Wildman–Crippen LogP) is 2.61. The standard InChI is InChI=1S/C13H18O3/c1-9(2)16-13-6-5-11(7-10(13)3)12(14)8-15-4/h5-7,9H,8H2,1-4H3. The Kier molecular flexibility index (Phi) is 4.50. The molecule has 0 atom stereocenters. The average Bonchev–Trinajstić information content (AvgIpc) is 2.20. The van der Waals surface area contributed by atoms with E-state index in [9.17, 15) is 4.79 Å². The van der Waals surface area contributed by atoms with E-state index < -0.39 is 0 Å². The molecule has 0 heterocycles. The molecule has 0 fully saturated rings. The minimum atomic E-state index is -0.0123. The normalized spacial score (nSPS) is 10.6. The quantitative estimate of drug-likeness (QED) is 0.718. The van der Waals surface area contributed by atoms with Crippen molar-refractivity contribution in [3.05, 3.63) is 29.3 Å². The molecule has 1 aromatic rings. The lowest BCUT2D eigenvalue weighted by Crippen LogP contribution is -2.09. The molecule has 3 heteroatoms. The maximum atomic E-state index is 11.6. The molecule has 0 aromatic heterocycles. The molecule has 0 saturated heterocycles. The molecular formula is C13H18O3. The van der Waals surface area contributed by atoms with Gasteiger partial charge < -0.3 is 9.47 Å². The summed E-state index contributed by atoms with van der Waals surface area (Å²) in [7, 11) is 1.51. The molecule has 0 bridgehead atoms. The van der Waals surface area contributed by atoms with Crippen LogP contribution in [0.15, 0.2) is 18.2 Å². The van der Waals surface area contributed by atoms with Crippen molar-refractivity contribution in [2.75, 3.05) is 13.7 Å². The average molecular weight is 222 g/mol. The molecule has 0 N–H and O–H groups in total. The third-order valence-electron chi connectivity index (χ3n) is 2.14. The number of aryl methyl sites for hydroxylation is 1. The molecule has 0 aliphatic carbocycles. The topological polar surface area (TPSA) is 35.5 Å². The van der Waals surface area contributed by atoms with Crippen LogP contribution >= 0.6 is 0 Å². The summed E-state index contributed by atoms with van der Waals surface area (Å²) in [4.78, 5) is 11.6. The third kappa shape index (κ3) is 3.35. The highest BCUT2D eigenvalue weighted by Gasteiger charge is 2.08. The summed E-state index contributed by atoms with van der Waals surface area (Å²) in [5.41, 5.74) is 1.63. The number of rotatable bonds is 5. The van der Waals surface area contributed by atoms with E-state index in [1.165, 1.54) is 7.11 Å². The summed E-state index contributed by atoms with van der Waals surface area (Å²) < 4.78 is 10.4. The maximum Gasteiger partial charge on any atom is 0.188 e. The van der Waals surface area contributed by atoms with Gasteiger partial charge in [-0.25, -0.2) is 0 Å². The molecule has 1 rings (SSSR count). The van der Waals surface area contributed by atoms with Crippen LogP contribution < -0.4 is 4.74 Å². The second kappa shape index (κ2) is 5.66. The van der Waals surface area contributed by atoms with E-state index in [4.69, 9.17) is 9.47 Å². The molecule has 88 valence electrons. The van der Waals surface area contributed by atoms with Crippen LogP contribution in [0.25, 0.3) is 0 Å². The molecule has 0 amide bonds. The minimum absolute atomic E-state index is 0.0123. The summed E-state index contributed by atoms with van der Waals surface area (Å²) in [6, 6.07) is 5.43. The van der Waals surface area contributed by atoms with E-state index in [0.29, 0.717) is 5.56 Å². The van der Waals surface area contributed by atoms with Gasteiger partial charge in [0.05, 0.1) is 6.10 Å². The van der Waals surface area contributed by atoms with Gasteiger partial charge in [0, 0.05) is 12.7 Å².